The minimum Gasteiger partial charge on any atom is -0.508 e. The van der Waals surface area contributed by atoms with Crippen molar-refractivity contribution in [2.75, 3.05) is 13.7 Å². The molecule has 0 radical (unpaired) electrons. The van der Waals surface area contributed by atoms with E-state index in [9.17, 15) is 29.1 Å². The molecule has 6 N–H and O–H groups in total. The van der Waals surface area contributed by atoms with Gasteiger partial charge in [-0.25, -0.2) is 9.59 Å². The van der Waals surface area contributed by atoms with E-state index in [4.69, 9.17) is 10.5 Å². The van der Waals surface area contributed by atoms with Crippen LogP contribution in [0.4, 0.5) is 4.79 Å². The summed E-state index contributed by atoms with van der Waals surface area (Å²) in [4.78, 5) is 64.1. The van der Waals surface area contributed by atoms with E-state index in [0.717, 1.165) is 12.7 Å². The van der Waals surface area contributed by atoms with Crippen LogP contribution >= 0.6 is 0 Å². The SMILES string of the molecule is COC(=O)C(=O)[C@H](CC(C)C)NC(=O)[C@H](CCCCN)NC(=O)[C@H](Cc1ccc(O)cc1)NC(=O)OCc1ccccc1. The number of benzene rings is 2. The normalized spacial score (nSPS) is 12.9. The molecule has 234 valence electrons. The molecule has 2 aromatic rings. The van der Waals surface area contributed by atoms with Gasteiger partial charge < -0.3 is 36.3 Å². The molecule has 3 amide bonds. The van der Waals surface area contributed by atoms with Crippen molar-refractivity contribution in [3.63, 3.8) is 0 Å². The summed E-state index contributed by atoms with van der Waals surface area (Å²) in [5.41, 5.74) is 7.01. The molecule has 0 fully saturated rings. The Morgan fingerprint density at radius 3 is 2.05 bits per heavy atom. The lowest BCUT2D eigenvalue weighted by Gasteiger charge is -2.25. The predicted molar refractivity (Wildman–Crippen MR) is 159 cm³/mol. The zero-order valence-electron chi connectivity index (χ0n) is 24.8. The van der Waals surface area contributed by atoms with Gasteiger partial charge in [0.15, 0.2) is 0 Å². The minimum atomic E-state index is -1.15. The Morgan fingerprint density at radius 2 is 1.44 bits per heavy atom. The lowest BCUT2D eigenvalue weighted by molar-refractivity contribution is -0.153. The topological polar surface area (TPSA) is 186 Å². The Labute approximate surface area is 251 Å². The largest absolute Gasteiger partial charge is 0.508 e. The third-order valence-electron chi connectivity index (χ3n) is 6.50. The number of aromatic hydroxyl groups is 1. The first-order valence-electron chi connectivity index (χ1n) is 14.2. The first kappa shape index (κ1) is 34.7. The number of ether oxygens (including phenoxy) is 2. The summed E-state index contributed by atoms with van der Waals surface area (Å²) >= 11 is 0. The number of phenolic OH excluding ortho intramolecular Hbond substituents is 1. The number of nitrogens with one attached hydrogen (secondary N) is 3. The second-order valence-electron chi connectivity index (χ2n) is 10.5. The maximum absolute atomic E-state index is 13.5. The molecule has 2 rings (SSSR count). The number of ketones is 1. The number of phenols is 1. The number of Topliss-reactive ketones (excluding diaryl/α,β-unsaturated/α-hetero) is 1. The molecular formula is C31H42N4O8. The number of methoxy groups -OCH3 is 1. The average Bonchev–Trinajstić information content (AvgIpc) is 2.99. The van der Waals surface area contributed by atoms with Gasteiger partial charge in [-0.05, 0) is 61.4 Å². The molecule has 0 aromatic heterocycles. The number of carbonyl (C=O) groups is 5. The fourth-order valence-corrected chi connectivity index (χ4v) is 4.24. The first-order chi connectivity index (χ1) is 20.5. The molecular weight excluding hydrogens is 556 g/mol. The number of unbranched alkanes of at least 4 members (excludes halogenated alkanes) is 1. The van der Waals surface area contributed by atoms with E-state index in [-0.39, 0.29) is 37.5 Å². The summed E-state index contributed by atoms with van der Waals surface area (Å²) in [6.07, 6.45) is 0.635. The number of amides is 3. The average molecular weight is 599 g/mol. The molecule has 0 aliphatic heterocycles. The fraction of sp³-hybridized carbons (Fsp3) is 0.452. The quantitative estimate of drug-likeness (QED) is 0.103. The highest BCUT2D eigenvalue weighted by Crippen LogP contribution is 2.13. The molecule has 0 unspecified atom stereocenters. The summed E-state index contributed by atoms with van der Waals surface area (Å²) in [5, 5.41) is 17.5. The second kappa shape index (κ2) is 18.2. The molecule has 0 heterocycles. The van der Waals surface area contributed by atoms with Crippen molar-refractivity contribution in [2.24, 2.45) is 11.7 Å². The predicted octanol–water partition coefficient (Wildman–Crippen LogP) is 2.12. The summed E-state index contributed by atoms with van der Waals surface area (Å²) in [6, 6.07) is 11.7. The number of alkyl carbamates (subject to hydrolysis) is 1. The van der Waals surface area contributed by atoms with Gasteiger partial charge in [0.1, 0.15) is 24.4 Å². The Balaban J connectivity index is 2.23. The van der Waals surface area contributed by atoms with Crippen LogP contribution in [0.25, 0.3) is 0 Å². The number of carbonyl (C=O) groups excluding carboxylic acids is 5. The van der Waals surface area contributed by atoms with Gasteiger partial charge in [-0.15, -0.1) is 0 Å². The maximum Gasteiger partial charge on any atom is 0.408 e. The van der Waals surface area contributed by atoms with Crippen molar-refractivity contribution < 1.29 is 38.6 Å². The number of rotatable bonds is 17. The number of hydrogen-bond donors (Lipinski definition) is 5. The Kier molecular flexibility index (Phi) is 14.7. The van der Waals surface area contributed by atoms with E-state index >= 15 is 0 Å². The Bertz CT molecular complexity index is 1200. The van der Waals surface area contributed by atoms with Crippen LogP contribution in [0.1, 0.15) is 50.7 Å². The van der Waals surface area contributed by atoms with E-state index in [1.807, 2.05) is 19.9 Å². The number of esters is 1. The molecule has 0 saturated carbocycles. The van der Waals surface area contributed by atoms with E-state index < -0.39 is 47.8 Å². The molecule has 2 aromatic carbocycles. The molecule has 3 atom stereocenters. The fourth-order valence-electron chi connectivity index (χ4n) is 4.24. The minimum absolute atomic E-state index is 0.0181. The summed E-state index contributed by atoms with van der Waals surface area (Å²) in [5.74, 6) is -3.31. The second-order valence-corrected chi connectivity index (χ2v) is 10.5. The van der Waals surface area contributed by atoms with Crippen LogP contribution in [0.3, 0.4) is 0 Å². The smallest absolute Gasteiger partial charge is 0.408 e. The van der Waals surface area contributed by atoms with Gasteiger partial charge in [0.05, 0.1) is 13.2 Å². The van der Waals surface area contributed by atoms with Crippen LogP contribution in [-0.2, 0) is 41.7 Å². The first-order valence-corrected chi connectivity index (χ1v) is 14.2. The highest BCUT2D eigenvalue weighted by Gasteiger charge is 2.32. The van der Waals surface area contributed by atoms with Gasteiger partial charge in [-0.1, -0.05) is 56.3 Å². The molecule has 0 spiro atoms. The third-order valence-corrected chi connectivity index (χ3v) is 6.50. The van der Waals surface area contributed by atoms with Gasteiger partial charge in [0.2, 0.25) is 11.8 Å². The zero-order valence-corrected chi connectivity index (χ0v) is 24.8. The van der Waals surface area contributed by atoms with E-state index in [0.29, 0.717) is 24.9 Å². The van der Waals surface area contributed by atoms with Gasteiger partial charge in [-0.2, -0.15) is 0 Å². The molecule has 0 aliphatic rings. The summed E-state index contributed by atoms with van der Waals surface area (Å²) in [7, 11) is 1.08. The molecule has 0 saturated heterocycles. The molecule has 0 aliphatic carbocycles. The standard InChI is InChI=1S/C31H42N4O8/c1-20(2)17-25(27(37)30(40)42-3)34-28(38)24(11-7-8-16-32)33-29(39)26(18-21-12-14-23(36)15-13-21)35-31(41)43-19-22-9-5-4-6-10-22/h4-6,9-10,12-15,20,24-26,36H,7-8,11,16-19,32H2,1-3H3,(H,33,39)(H,34,38)(H,35,41)/t24-,25-,26-/m0/s1. The third kappa shape index (κ3) is 12.5. The van der Waals surface area contributed by atoms with Gasteiger partial charge >= 0.3 is 12.1 Å². The van der Waals surface area contributed by atoms with E-state index in [1.54, 1.807) is 36.4 Å². The Morgan fingerprint density at radius 1 is 0.814 bits per heavy atom. The van der Waals surface area contributed by atoms with Crippen LogP contribution in [0.5, 0.6) is 5.75 Å². The highest BCUT2D eigenvalue weighted by molar-refractivity contribution is 6.36. The van der Waals surface area contributed by atoms with Crippen LogP contribution in [0.15, 0.2) is 54.6 Å². The van der Waals surface area contributed by atoms with Crippen LogP contribution in [0.2, 0.25) is 0 Å². The van der Waals surface area contributed by atoms with Crippen LogP contribution in [0, 0.1) is 5.92 Å². The van der Waals surface area contributed by atoms with Crippen molar-refractivity contribution in [1.29, 1.82) is 0 Å². The van der Waals surface area contributed by atoms with Crippen molar-refractivity contribution in [3.05, 3.63) is 65.7 Å². The van der Waals surface area contributed by atoms with Gasteiger partial charge in [0.25, 0.3) is 5.78 Å². The monoisotopic (exact) mass is 598 g/mol. The molecule has 43 heavy (non-hydrogen) atoms. The van der Waals surface area contributed by atoms with Crippen molar-refractivity contribution in [1.82, 2.24) is 16.0 Å². The summed E-state index contributed by atoms with van der Waals surface area (Å²) in [6.45, 7) is 4.02. The van der Waals surface area contributed by atoms with Crippen molar-refractivity contribution in [3.8, 4) is 5.75 Å². The van der Waals surface area contributed by atoms with Crippen LogP contribution < -0.4 is 21.7 Å². The van der Waals surface area contributed by atoms with Gasteiger partial charge in [-0.3, -0.25) is 14.4 Å². The number of hydrogen-bond acceptors (Lipinski definition) is 9. The van der Waals surface area contributed by atoms with E-state index in [2.05, 4.69) is 20.7 Å². The lowest BCUT2D eigenvalue weighted by Crippen LogP contribution is -2.56. The van der Waals surface area contributed by atoms with E-state index in [1.165, 1.54) is 12.1 Å². The molecule has 12 heteroatoms. The van der Waals surface area contributed by atoms with Crippen molar-refractivity contribution in [2.45, 2.75) is 70.7 Å². The van der Waals surface area contributed by atoms with Gasteiger partial charge in [0, 0.05) is 6.42 Å². The molecule has 12 nitrogen and oxygen atoms in total. The highest BCUT2D eigenvalue weighted by atomic mass is 16.5. The van der Waals surface area contributed by atoms with Crippen molar-refractivity contribution >= 4 is 29.7 Å². The zero-order chi connectivity index (χ0) is 31.8. The number of nitrogens with two attached hydrogens (primary N) is 1. The van der Waals surface area contributed by atoms with Crippen LogP contribution in [-0.4, -0.2) is 66.5 Å². The summed E-state index contributed by atoms with van der Waals surface area (Å²) < 4.78 is 9.85. The molecule has 0 bridgehead atoms. The maximum atomic E-state index is 13.5. The Hall–Kier alpha value is -4.45. The lowest BCUT2D eigenvalue weighted by atomic mass is 9.99.